The fraction of sp³-hybridized carbons (Fsp3) is 0.0625. The van der Waals surface area contributed by atoms with Crippen LogP contribution in [0, 0.1) is 0 Å². The zero-order valence-electron chi connectivity index (χ0n) is 10.7. The Labute approximate surface area is 116 Å². The van der Waals surface area contributed by atoms with Crippen LogP contribution in [-0.2, 0) is 6.42 Å². The van der Waals surface area contributed by atoms with Gasteiger partial charge in [-0.2, -0.15) is 5.10 Å². The standard InChI is InChI=1S/C16H12N4/c1-2-5-11(6-3-1)15-13(10-18-20-15)14-9-12-7-4-8-17-16(12)19-14/h1-8,10H,9H2,(H,18,20). The van der Waals surface area contributed by atoms with Crippen molar-refractivity contribution >= 4 is 11.5 Å². The summed E-state index contributed by atoms with van der Waals surface area (Å²) in [7, 11) is 0. The second kappa shape index (κ2) is 4.42. The van der Waals surface area contributed by atoms with Gasteiger partial charge in [0.1, 0.15) is 5.69 Å². The van der Waals surface area contributed by atoms with E-state index in [1.54, 1.807) is 6.20 Å². The Kier molecular flexibility index (Phi) is 2.45. The van der Waals surface area contributed by atoms with Crippen LogP contribution in [0.25, 0.3) is 11.3 Å². The van der Waals surface area contributed by atoms with E-state index in [0.717, 1.165) is 34.8 Å². The van der Waals surface area contributed by atoms with Gasteiger partial charge in [-0.25, -0.2) is 9.98 Å². The zero-order valence-corrected chi connectivity index (χ0v) is 10.7. The lowest BCUT2D eigenvalue weighted by Crippen LogP contribution is -2.00. The monoisotopic (exact) mass is 260 g/mol. The average molecular weight is 260 g/mol. The molecule has 96 valence electrons. The van der Waals surface area contributed by atoms with E-state index < -0.39 is 0 Å². The zero-order chi connectivity index (χ0) is 13.4. The molecule has 0 unspecified atom stereocenters. The van der Waals surface area contributed by atoms with Crippen LogP contribution in [0.2, 0.25) is 0 Å². The number of aromatic amines is 1. The summed E-state index contributed by atoms with van der Waals surface area (Å²) >= 11 is 0. The van der Waals surface area contributed by atoms with Crippen LogP contribution < -0.4 is 0 Å². The lowest BCUT2D eigenvalue weighted by atomic mass is 10.0. The third-order valence-electron chi connectivity index (χ3n) is 3.46. The SMILES string of the molecule is c1ccc(-c2n[nH]cc2C2=Nc3ncccc3C2)cc1. The Morgan fingerprint density at radius 2 is 1.90 bits per heavy atom. The van der Waals surface area contributed by atoms with Crippen molar-refractivity contribution in [3.8, 4) is 11.3 Å². The Balaban J connectivity index is 1.78. The normalized spacial score (nSPS) is 13.1. The van der Waals surface area contributed by atoms with Crippen LogP contribution in [0.15, 0.2) is 59.9 Å². The van der Waals surface area contributed by atoms with E-state index >= 15 is 0 Å². The summed E-state index contributed by atoms with van der Waals surface area (Å²) in [5.74, 6) is 0.822. The molecule has 4 heteroatoms. The molecule has 3 aromatic rings. The molecule has 0 atom stereocenters. The maximum atomic E-state index is 4.63. The van der Waals surface area contributed by atoms with Gasteiger partial charge in [-0.1, -0.05) is 36.4 Å². The van der Waals surface area contributed by atoms with Gasteiger partial charge in [0.15, 0.2) is 5.82 Å². The smallest absolute Gasteiger partial charge is 0.155 e. The molecule has 4 rings (SSSR count). The summed E-state index contributed by atoms with van der Waals surface area (Å²) in [5, 5.41) is 7.32. The van der Waals surface area contributed by atoms with Crippen LogP contribution in [0.4, 0.5) is 5.82 Å². The topological polar surface area (TPSA) is 53.9 Å². The Morgan fingerprint density at radius 1 is 1.00 bits per heavy atom. The van der Waals surface area contributed by atoms with E-state index in [0.29, 0.717) is 0 Å². The molecule has 0 amide bonds. The maximum absolute atomic E-state index is 4.63. The molecule has 0 spiro atoms. The van der Waals surface area contributed by atoms with E-state index in [4.69, 9.17) is 0 Å². The second-order valence-corrected chi connectivity index (χ2v) is 4.73. The molecule has 1 aromatic carbocycles. The number of hydrogen-bond donors (Lipinski definition) is 1. The fourth-order valence-electron chi connectivity index (χ4n) is 2.50. The lowest BCUT2D eigenvalue weighted by molar-refractivity contribution is 1.10. The highest BCUT2D eigenvalue weighted by molar-refractivity contribution is 6.09. The molecule has 1 N–H and O–H groups in total. The van der Waals surface area contributed by atoms with Crippen molar-refractivity contribution in [1.29, 1.82) is 0 Å². The molecule has 0 aliphatic carbocycles. The van der Waals surface area contributed by atoms with Crippen molar-refractivity contribution in [2.75, 3.05) is 0 Å². The number of H-pyrrole nitrogens is 1. The molecule has 3 heterocycles. The molecule has 0 bridgehead atoms. The first-order chi connectivity index (χ1) is 9.92. The molecule has 0 radical (unpaired) electrons. The fourth-order valence-corrected chi connectivity index (χ4v) is 2.50. The molecule has 2 aromatic heterocycles. The minimum absolute atomic E-state index is 0.808. The predicted octanol–water partition coefficient (Wildman–Crippen LogP) is 3.15. The molecule has 0 saturated heterocycles. The molecule has 20 heavy (non-hydrogen) atoms. The van der Waals surface area contributed by atoms with Crippen LogP contribution in [-0.4, -0.2) is 20.9 Å². The molecule has 0 saturated carbocycles. The molecule has 1 aliphatic rings. The van der Waals surface area contributed by atoms with Gasteiger partial charge in [-0.3, -0.25) is 5.10 Å². The number of pyridine rings is 1. The van der Waals surface area contributed by atoms with Gasteiger partial charge in [-0.05, 0) is 6.07 Å². The third kappa shape index (κ3) is 1.73. The van der Waals surface area contributed by atoms with Crippen molar-refractivity contribution in [3.63, 3.8) is 0 Å². The van der Waals surface area contributed by atoms with Gasteiger partial charge in [-0.15, -0.1) is 0 Å². The first kappa shape index (κ1) is 11.1. The van der Waals surface area contributed by atoms with Gasteiger partial charge < -0.3 is 0 Å². The van der Waals surface area contributed by atoms with Crippen molar-refractivity contribution in [2.45, 2.75) is 6.42 Å². The number of benzene rings is 1. The molecular weight excluding hydrogens is 248 g/mol. The lowest BCUT2D eigenvalue weighted by Gasteiger charge is -2.01. The average Bonchev–Trinajstić information content (AvgIpc) is 3.14. The predicted molar refractivity (Wildman–Crippen MR) is 78.2 cm³/mol. The van der Waals surface area contributed by atoms with Crippen molar-refractivity contribution < 1.29 is 0 Å². The van der Waals surface area contributed by atoms with E-state index in [2.05, 4.69) is 38.4 Å². The summed E-state index contributed by atoms with van der Waals surface area (Å²) in [5.41, 5.74) is 5.27. The number of aromatic nitrogens is 3. The first-order valence-electron chi connectivity index (χ1n) is 6.53. The van der Waals surface area contributed by atoms with Crippen LogP contribution in [0.1, 0.15) is 11.1 Å². The highest BCUT2D eigenvalue weighted by atomic mass is 15.1. The summed E-state index contributed by atoms with van der Waals surface area (Å²) in [6.07, 6.45) is 4.49. The molecule has 1 aliphatic heterocycles. The van der Waals surface area contributed by atoms with Crippen LogP contribution in [0.5, 0.6) is 0 Å². The van der Waals surface area contributed by atoms with E-state index in [1.807, 2.05) is 30.5 Å². The number of rotatable bonds is 2. The third-order valence-corrected chi connectivity index (χ3v) is 3.46. The highest BCUT2D eigenvalue weighted by Crippen LogP contribution is 2.29. The van der Waals surface area contributed by atoms with Gasteiger partial charge in [0.25, 0.3) is 0 Å². The van der Waals surface area contributed by atoms with Gasteiger partial charge in [0, 0.05) is 35.5 Å². The minimum Gasteiger partial charge on any atom is -0.284 e. The van der Waals surface area contributed by atoms with Crippen LogP contribution in [0.3, 0.4) is 0 Å². The van der Waals surface area contributed by atoms with Crippen molar-refractivity contribution in [3.05, 3.63) is 66.0 Å². The first-order valence-corrected chi connectivity index (χ1v) is 6.53. The van der Waals surface area contributed by atoms with Crippen molar-refractivity contribution in [2.24, 2.45) is 4.99 Å². The number of aliphatic imine (C=N–C) groups is 1. The number of nitrogens with one attached hydrogen (secondary N) is 1. The second-order valence-electron chi connectivity index (χ2n) is 4.73. The number of fused-ring (bicyclic) bond motifs is 1. The Morgan fingerprint density at radius 3 is 2.75 bits per heavy atom. The number of hydrogen-bond acceptors (Lipinski definition) is 3. The van der Waals surface area contributed by atoms with E-state index in [1.165, 1.54) is 5.56 Å². The van der Waals surface area contributed by atoms with Gasteiger partial charge >= 0.3 is 0 Å². The molecule has 4 nitrogen and oxygen atoms in total. The minimum atomic E-state index is 0.808. The summed E-state index contributed by atoms with van der Waals surface area (Å²) in [6, 6.07) is 14.2. The largest absolute Gasteiger partial charge is 0.284 e. The quantitative estimate of drug-likeness (QED) is 0.769. The summed E-state index contributed by atoms with van der Waals surface area (Å²) < 4.78 is 0. The Bertz CT molecular complexity index is 787. The van der Waals surface area contributed by atoms with Crippen LogP contribution >= 0.6 is 0 Å². The van der Waals surface area contributed by atoms with E-state index in [9.17, 15) is 0 Å². The van der Waals surface area contributed by atoms with Gasteiger partial charge in [0.2, 0.25) is 0 Å². The summed E-state index contributed by atoms with van der Waals surface area (Å²) in [6.45, 7) is 0. The number of nitrogens with zero attached hydrogens (tertiary/aromatic N) is 3. The van der Waals surface area contributed by atoms with E-state index in [-0.39, 0.29) is 0 Å². The molecule has 0 fully saturated rings. The maximum Gasteiger partial charge on any atom is 0.155 e. The molecular formula is C16H12N4. The Hall–Kier alpha value is -2.75. The van der Waals surface area contributed by atoms with Gasteiger partial charge in [0.05, 0.1) is 5.71 Å². The van der Waals surface area contributed by atoms with Crippen molar-refractivity contribution in [1.82, 2.24) is 15.2 Å². The summed E-state index contributed by atoms with van der Waals surface area (Å²) in [4.78, 5) is 8.93. The highest BCUT2D eigenvalue weighted by Gasteiger charge is 2.20.